The predicted molar refractivity (Wildman–Crippen MR) is 108 cm³/mol. The summed E-state index contributed by atoms with van der Waals surface area (Å²) in [7, 11) is 1.94. The first-order valence-corrected chi connectivity index (χ1v) is 9.65. The highest BCUT2D eigenvalue weighted by atomic mass is 79.9. The quantitative estimate of drug-likeness (QED) is 0.521. The van der Waals surface area contributed by atoms with Crippen LogP contribution < -0.4 is 10.6 Å². The Morgan fingerprint density at radius 1 is 1.28 bits per heavy atom. The summed E-state index contributed by atoms with van der Waals surface area (Å²) < 4.78 is 2.99. The van der Waals surface area contributed by atoms with Crippen LogP contribution in [0.2, 0.25) is 0 Å². The van der Waals surface area contributed by atoms with E-state index in [1.165, 1.54) is 5.56 Å². The number of halogens is 1. The molecule has 0 bridgehead atoms. The highest BCUT2D eigenvalue weighted by Crippen LogP contribution is 2.16. The van der Waals surface area contributed by atoms with E-state index >= 15 is 0 Å². The number of guanidine groups is 1. The summed E-state index contributed by atoms with van der Waals surface area (Å²) in [6.07, 6.45) is 3.99. The lowest BCUT2D eigenvalue weighted by atomic mass is 9.97. The Bertz CT molecular complexity index is 680. The van der Waals surface area contributed by atoms with Crippen molar-refractivity contribution >= 4 is 21.9 Å². The van der Waals surface area contributed by atoms with Gasteiger partial charge in [0.05, 0.1) is 12.2 Å². The highest BCUT2D eigenvalue weighted by Gasteiger charge is 2.09. The minimum Gasteiger partial charge on any atom is -0.357 e. The van der Waals surface area contributed by atoms with Gasteiger partial charge in [0.2, 0.25) is 0 Å². The van der Waals surface area contributed by atoms with E-state index in [2.05, 4.69) is 74.8 Å². The fraction of sp³-hybridized carbons (Fsp3) is 0.474. The van der Waals surface area contributed by atoms with Gasteiger partial charge in [-0.3, -0.25) is 4.68 Å². The molecule has 1 atom stereocenters. The molecule has 0 aliphatic carbocycles. The first kappa shape index (κ1) is 19.5. The minimum atomic E-state index is 0.565. The average molecular weight is 406 g/mol. The Balaban J connectivity index is 1.92. The van der Waals surface area contributed by atoms with Gasteiger partial charge in [-0.1, -0.05) is 41.4 Å². The summed E-state index contributed by atoms with van der Waals surface area (Å²) >= 11 is 3.55. The van der Waals surface area contributed by atoms with Crippen molar-refractivity contribution in [2.45, 2.75) is 33.2 Å². The summed E-state index contributed by atoms with van der Waals surface area (Å²) in [4.78, 5) is 4.67. The first-order chi connectivity index (χ1) is 12.1. The van der Waals surface area contributed by atoms with Crippen molar-refractivity contribution in [1.82, 2.24) is 20.4 Å². The number of hydrogen-bond acceptors (Lipinski definition) is 2. The Morgan fingerprint density at radius 2 is 2.12 bits per heavy atom. The molecule has 2 N–H and O–H groups in total. The number of aryl methyl sites for hydroxylation is 1. The molecule has 0 aliphatic rings. The Labute approximate surface area is 159 Å². The van der Waals surface area contributed by atoms with Crippen LogP contribution in [0.1, 0.15) is 31.5 Å². The SMILES string of the molecule is CCNC(=NCc1ccnn1C)NCC(CC)Cc1cccc(Br)c1. The average Bonchev–Trinajstić information content (AvgIpc) is 3.01. The molecular weight excluding hydrogens is 378 g/mol. The fourth-order valence-electron chi connectivity index (χ4n) is 2.66. The van der Waals surface area contributed by atoms with E-state index in [-0.39, 0.29) is 0 Å². The summed E-state index contributed by atoms with van der Waals surface area (Å²) in [6.45, 7) is 6.69. The van der Waals surface area contributed by atoms with Crippen LogP contribution in [0.25, 0.3) is 0 Å². The Morgan fingerprint density at radius 3 is 2.76 bits per heavy atom. The molecular formula is C19H28BrN5. The van der Waals surface area contributed by atoms with Gasteiger partial charge in [-0.25, -0.2) is 4.99 Å². The van der Waals surface area contributed by atoms with E-state index in [1.807, 2.05) is 17.8 Å². The van der Waals surface area contributed by atoms with Gasteiger partial charge in [0.1, 0.15) is 0 Å². The third kappa shape index (κ3) is 6.53. The molecule has 1 heterocycles. The molecule has 136 valence electrons. The van der Waals surface area contributed by atoms with E-state index < -0.39 is 0 Å². The molecule has 1 aromatic carbocycles. The van der Waals surface area contributed by atoms with Crippen molar-refractivity contribution in [1.29, 1.82) is 0 Å². The van der Waals surface area contributed by atoms with E-state index in [4.69, 9.17) is 0 Å². The van der Waals surface area contributed by atoms with Crippen molar-refractivity contribution in [3.05, 3.63) is 52.3 Å². The van der Waals surface area contributed by atoms with E-state index in [0.717, 1.165) is 42.1 Å². The monoisotopic (exact) mass is 405 g/mol. The molecule has 1 unspecified atom stereocenters. The molecule has 1 aromatic heterocycles. The molecule has 0 saturated heterocycles. The van der Waals surface area contributed by atoms with E-state index in [0.29, 0.717) is 12.5 Å². The van der Waals surface area contributed by atoms with Gasteiger partial charge in [0.25, 0.3) is 0 Å². The van der Waals surface area contributed by atoms with Crippen LogP contribution in [-0.4, -0.2) is 28.8 Å². The number of aliphatic imine (C=N–C) groups is 1. The number of nitrogens with one attached hydrogen (secondary N) is 2. The van der Waals surface area contributed by atoms with Crippen molar-refractivity contribution < 1.29 is 0 Å². The molecule has 25 heavy (non-hydrogen) atoms. The third-order valence-corrected chi connectivity index (χ3v) is 4.71. The zero-order valence-electron chi connectivity index (χ0n) is 15.3. The standard InChI is InChI=1S/C19H28BrN5/c1-4-15(11-16-7-6-8-17(20)12-16)13-22-19(21-5-2)23-14-18-9-10-24-25(18)3/h6-10,12,15H,4-5,11,13-14H2,1-3H3,(H2,21,22,23). The topological polar surface area (TPSA) is 54.2 Å². The van der Waals surface area contributed by atoms with Crippen molar-refractivity contribution in [2.24, 2.45) is 18.0 Å². The third-order valence-electron chi connectivity index (χ3n) is 4.21. The number of nitrogens with zero attached hydrogens (tertiary/aromatic N) is 3. The minimum absolute atomic E-state index is 0.565. The van der Waals surface area contributed by atoms with Crippen molar-refractivity contribution in [2.75, 3.05) is 13.1 Å². The summed E-state index contributed by atoms with van der Waals surface area (Å²) in [5.74, 6) is 1.42. The number of benzene rings is 1. The molecule has 0 saturated carbocycles. The van der Waals surface area contributed by atoms with Crippen LogP contribution in [0.15, 0.2) is 46.0 Å². The zero-order valence-corrected chi connectivity index (χ0v) is 16.9. The van der Waals surface area contributed by atoms with Crippen LogP contribution in [0.3, 0.4) is 0 Å². The maximum absolute atomic E-state index is 4.67. The molecule has 2 rings (SSSR count). The predicted octanol–water partition coefficient (Wildman–Crippen LogP) is 3.51. The summed E-state index contributed by atoms with van der Waals surface area (Å²) in [6, 6.07) is 10.5. The van der Waals surface area contributed by atoms with Gasteiger partial charge in [-0.15, -0.1) is 0 Å². The Kier molecular flexibility index (Phi) is 7.98. The lowest BCUT2D eigenvalue weighted by Crippen LogP contribution is -2.40. The number of aromatic nitrogens is 2. The second kappa shape index (κ2) is 10.2. The molecule has 2 aromatic rings. The van der Waals surface area contributed by atoms with E-state index in [9.17, 15) is 0 Å². The largest absolute Gasteiger partial charge is 0.357 e. The highest BCUT2D eigenvalue weighted by molar-refractivity contribution is 9.10. The van der Waals surface area contributed by atoms with Crippen LogP contribution in [-0.2, 0) is 20.0 Å². The van der Waals surface area contributed by atoms with Gasteiger partial charge >= 0.3 is 0 Å². The second-order valence-electron chi connectivity index (χ2n) is 6.13. The van der Waals surface area contributed by atoms with Crippen molar-refractivity contribution in [3.8, 4) is 0 Å². The molecule has 6 heteroatoms. The summed E-state index contributed by atoms with van der Waals surface area (Å²) in [5, 5.41) is 11.0. The van der Waals surface area contributed by atoms with Crippen LogP contribution in [0.5, 0.6) is 0 Å². The second-order valence-corrected chi connectivity index (χ2v) is 7.05. The summed E-state index contributed by atoms with van der Waals surface area (Å²) in [5.41, 5.74) is 2.46. The number of rotatable bonds is 8. The van der Waals surface area contributed by atoms with Crippen LogP contribution >= 0.6 is 15.9 Å². The van der Waals surface area contributed by atoms with E-state index in [1.54, 1.807) is 6.20 Å². The normalized spacial score (nSPS) is 12.9. The molecule has 0 spiro atoms. The van der Waals surface area contributed by atoms with Gasteiger partial charge in [-0.05, 0) is 43.0 Å². The van der Waals surface area contributed by atoms with Gasteiger partial charge in [0.15, 0.2) is 5.96 Å². The molecule has 0 amide bonds. The van der Waals surface area contributed by atoms with Crippen LogP contribution in [0, 0.1) is 5.92 Å². The fourth-order valence-corrected chi connectivity index (χ4v) is 3.10. The lowest BCUT2D eigenvalue weighted by molar-refractivity contribution is 0.493. The maximum atomic E-state index is 4.67. The number of hydrogen-bond donors (Lipinski definition) is 2. The zero-order chi connectivity index (χ0) is 18.1. The van der Waals surface area contributed by atoms with Gasteiger partial charge in [-0.2, -0.15) is 5.10 Å². The van der Waals surface area contributed by atoms with Gasteiger partial charge in [0, 0.05) is 30.8 Å². The maximum Gasteiger partial charge on any atom is 0.191 e. The van der Waals surface area contributed by atoms with Crippen LogP contribution in [0.4, 0.5) is 0 Å². The molecule has 0 fully saturated rings. The van der Waals surface area contributed by atoms with Gasteiger partial charge < -0.3 is 10.6 Å². The lowest BCUT2D eigenvalue weighted by Gasteiger charge is -2.18. The Hall–Kier alpha value is -1.82. The first-order valence-electron chi connectivity index (χ1n) is 8.85. The van der Waals surface area contributed by atoms with Crippen molar-refractivity contribution in [3.63, 3.8) is 0 Å². The smallest absolute Gasteiger partial charge is 0.191 e. The molecule has 5 nitrogen and oxygen atoms in total. The molecule has 0 aliphatic heterocycles. The molecule has 0 radical (unpaired) electrons.